The first-order valence-corrected chi connectivity index (χ1v) is 6.81. The zero-order chi connectivity index (χ0) is 15.2. The number of carbonyl (C=O) groups excluding carboxylic acids is 2. The topological polar surface area (TPSA) is 55.8 Å². The Balaban J connectivity index is 1.94. The monoisotopic (exact) mass is 295 g/mol. The largest absolute Gasteiger partial charge is 0.467 e. The number of hydrogen-bond acceptors (Lipinski definition) is 4. The molecule has 0 bridgehead atoms. The van der Waals surface area contributed by atoms with Crippen molar-refractivity contribution >= 4 is 11.9 Å². The van der Waals surface area contributed by atoms with E-state index in [2.05, 4.69) is 0 Å². The highest BCUT2D eigenvalue weighted by Gasteiger charge is 2.33. The Hall–Kier alpha value is -1.95. The van der Waals surface area contributed by atoms with E-state index in [9.17, 15) is 14.0 Å². The van der Waals surface area contributed by atoms with Gasteiger partial charge in [0.2, 0.25) is 5.91 Å². The highest BCUT2D eigenvalue weighted by molar-refractivity contribution is 5.85. The van der Waals surface area contributed by atoms with Crippen LogP contribution in [-0.4, -0.2) is 49.7 Å². The molecule has 1 heterocycles. The zero-order valence-electron chi connectivity index (χ0n) is 11.9. The van der Waals surface area contributed by atoms with Gasteiger partial charge in [-0.25, -0.2) is 9.18 Å². The van der Waals surface area contributed by atoms with Crippen molar-refractivity contribution in [2.75, 3.05) is 26.9 Å². The number of methoxy groups -OCH3 is 1. The fourth-order valence-electron chi connectivity index (χ4n) is 2.28. The molecule has 1 saturated heterocycles. The summed E-state index contributed by atoms with van der Waals surface area (Å²) in [6.07, 6.45) is 0.767. The molecule has 1 aliphatic rings. The lowest BCUT2D eigenvalue weighted by atomic mass is 10.1. The number of rotatable bonds is 4. The maximum absolute atomic E-state index is 12.8. The number of carbonyl (C=O) groups is 2. The molecule has 1 fully saturated rings. The summed E-state index contributed by atoms with van der Waals surface area (Å²) in [5.41, 5.74) is 0.882. The number of halogens is 1. The molecule has 0 aliphatic carbocycles. The lowest BCUT2D eigenvalue weighted by Gasteiger charge is -2.33. The van der Waals surface area contributed by atoms with Crippen LogP contribution in [0, 0.1) is 5.82 Å². The molecule has 1 aliphatic heterocycles. The third kappa shape index (κ3) is 4.01. The summed E-state index contributed by atoms with van der Waals surface area (Å²) in [5.74, 6) is -0.896. The fourth-order valence-corrected chi connectivity index (χ4v) is 2.28. The summed E-state index contributed by atoms with van der Waals surface area (Å²) in [4.78, 5) is 25.4. The molecule has 114 valence electrons. The molecule has 0 N–H and O–H groups in total. The van der Waals surface area contributed by atoms with E-state index in [0.29, 0.717) is 19.6 Å². The van der Waals surface area contributed by atoms with Gasteiger partial charge in [0.15, 0.2) is 6.04 Å². The molecule has 1 amide bonds. The van der Waals surface area contributed by atoms with E-state index in [1.165, 1.54) is 24.1 Å². The van der Waals surface area contributed by atoms with Gasteiger partial charge in [-0.3, -0.25) is 4.79 Å². The maximum Gasteiger partial charge on any atom is 0.331 e. The number of hydrogen-bond donors (Lipinski definition) is 0. The Bertz CT molecular complexity index is 503. The summed E-state index contributed by atoms with van der Waals surface area (Å²) in [6, 6.07) is 5.36. The van der Waals surface area contributed by atoms with Crippen LogP contribution in [0.15, 0.2) is 24.3 Å². The Kier molecular flexibility index (Phi) is 5.27. The molecule has 0 spiro atoms. The van der Waals surface area contributed by atoms with Crippen molar-refractivity contribution in [2.45, 2.75) is 18.9 Å². The third-order valence-corrected chi connectivity index (χ3v) is 3.46. The summed E-state index contributed by atoms with van der Waals surface area (Å²) >= 11 is 0. The number of amides is 1. The van der Waals surface area contributed by atoms with Crippen LogP contribution in [0.5, 0.6) is 0 Å². The van der Waals surface area contributed by atoms with Crippen molar-refractivity contribution in [1.29, 1.82) is 0 Å². The predicted octanol–water partition coefficient (Wildman–Crippen LogP) is 1.16. The molecule has 1 atom stereocenters. The van der Waals surface area contributed by atoms with Crippen LogP contribution in [0.4, 0.5) is 4.39 Å². The molecule has 6 heteroatoms. The molecule has 1 unspecified atom stereocenters. The van der Waals surface area contributed by atoms with Gasteiger partial charge in [0.05, 0.1) is 20.3 Å². The lowest BCUT2D eigenvalue weighted by Crippen LogP contribution is -2.53. The van der Waals surface area contributed by atoms with Crippen LogP contribution >= 0.6 is 0 Å². The minimum Gasteiger partial charge on any atom is -0.467 e. The van der Waals surface area contributed by atoms with E-state index < -0.39 is 12.0 Å². The van der Waals surface area contributed by atoms with Gasteiger partial charge in [-0.2, -0.15) is 0 Å². The van der Waals surface area contributed by atoms with Crippen LogP contribution in [0.3, 0.4) is 0 Å². The van der Waals surface area contributed by atoms with Crippen molar-refractivity contribution in [1.82, 2.24) is 4.90 Å². The molecule has 0 saturated carbocycles. The number of benzene rings is 1. The molecule has 2 rings (SSSR count). The Morgan fingerprint density at radius 3 is 2.76 bits per heavy atom. The summed E-state index contributed by atoms with van der Waals surface area (Å²) < 4.78 is 22.7. The molecule has 1 aromatic carbocycles. The smallest absolute Gasteiger partial charge is 0.331 e. The first kappa shape index (κ1) is 15.4. The lowest BCUT2D eigenvalue weighted by molar-refractivity contribution is -0.160. The Morgan fingerprint density at radius 2 is 2.10 bits per heavy atom. The number of esters is 1. The summed E-state index contributed by atoms with van der Waals surface area (Å²) in [5, 5.41) is 0. The molecular formula is C15H18FNO4. The minimum absolute atomic E-state index is 0.127. The Morgan fingerprint density at radius 1 is 1.38 bits per heavy atom. The van der Waals surface area contributed by atoms with Gasteiger partial charge in [-0.1, -0.05) is 12.1 Å². The van der Waals surface area contributed by atoms with Crippen LogP contribution < -0.4 is 0 Å². The van der Waals surface area contributed by atoms with Crippen LogP contribution in [-0.2, 0) is 25.5 Å². The van der Waals surface area contributed by atoms with Gasteiger partial charge in [0, 0.05) is 13.0 Å². The average Bonchev–Trinajstić information content (AvgIpc) is 2.53. The highest BCUT2D eigenvalue weighted by Crippen LogP contribution is 2.13. The molecule has 21 heavy (non-hydrogen) atoms. The second-order valence-corrected chi connectivity index (χ2v) is 4.83. The second kappa shape index (κ2) is 7.17. The van der Waals surface area contributed by atoms with Crippen molar-refractivity contribution < 1.29 is 23.5 Å². The van der Waals surface area contributed by atoms with E-state index in [4.69, 9.17) is 9.47 Å². The molecule has 1 aromatic rings. The molecule has 0 aromatic heterocycles. The fraction of sp³-hybridized carbons (Fsp3) is 0.467. The standard InChI is InChI=1S/C15H18FNO4/c1-20-15(19)13-10-21-9-8-17(13)14(18)7-4-11-2-5-12(16)6-3-11/h2-3,5-6,13H,4,7-10H2,1H3. The SMILES string of the molecule is COC(=O)C1COCCN1C(=O)CCc1ccc(F)cc1. The minimum atomic E-state index is -0.676. The highest BCUT2D eigenvalue weighted by atomic mass is 19.1. The van der Waals surface area contributed by atoms with Gasteiger partial charge in [0.25, 0.3) is 0 Å². The van der Waals surface area contributed by atoms with Gasteiger partial charge in [-0.05, 0) is 24.1 Å². The van der Waals surface area contributed by atoms with Crippen LogP contribution in [0.1, 0.15) is 12.0 Å². The molecular weight excluding hydrogens is 277 g/mol. The first-order chi connectivity index (χ1) is 10.1. The first-order valence-electron chi connectivity index (χ1n) is 6.81. The quantitative estimate of drug-likeness (QED) is 0.782. The van der Waals surface area contributed by atoms with Gasteiger partial charge < -0.3 is 14.4 Å². The average molecular weight is 295 g/mol. The second-order valence-electron chi connectivity index (χ2n) is 4.83. The third-order valence-electron chi connectivity index (χ3n) is 3.46. The molecule has 0 radical (unpaired) electrons. The molecule has 5 nitrogen and oxygen atoms in total. The van der Waals surface area contributed by atoms with E-state index in [1.54, 1.807) is 12.1 Å². The summed E-state index contributed by atoms with van der Waals surface area (Å²) in [7, 11) is 1.29. The predicted molar refractivity (Wildman–Crippen MR) is 73.1 cm³/mol. The van der Waals surface area contributed by atoms with Gasteiger partial charge in [0.1, 0.15) is 5.82 Å². The van der Waals surface area contributed by atoms with Gasteiger partial charge >= 0.3 is 5.97 Å². The van der Waals surface area contributed by atoms with Crippen molar-refractivity contribution in [3.8, 4) is 0 Å². The van der Waals surface area contributed by atoms with Crippen LogP contribution in [0.25, 0.3) is 0 Å². The van der Waals surface area contributed by atoms with Crippen molar-refractivity contribution in [3.63, 3.8) is 0 Å². The number of morpholine rings is 1. The summed E-state index contributed by atoms with van der Waals surface area (Å²) in [6.45, 7) is 0.951. The van der Waals surface area contributed by atoms with E-state index >= 15 is 0 Å². The normalized spacial score (nSPS) is 18.4. The Labute approximate surface area is 122 Å². The zero-order valence-corrected chi connectivity index (χ0v) is 11.9. The number of aryl methyl sites for hydroxylation is 1. The number of nitrogens with zero attached hydrogens (tertiary/aromatic N) is 1. The maximum atomic E-state index is 12.8. The number of ether oxygens (including phenoxy) is 2. The van der Waals surface area contributed by atoms with Crippen molar-refractivity contribution in [2.24, 2.45) is 0 Å². The van der Waals surface area contributed by atoms with Crippen molar-refractivity contribution in [3.05, 3.63) is 35.6 Å². The van der Waals surface area contributed by atoms with E-state index in [-0.39, 0.29) is 24.8 Å². The van der Waals surface area contributed by atoms with Gasteiger partial charge in [-0.15, -0.1) is 0 Å². The van der Waals surface area contributed by atoms with Crippen LogP contribution in [0.2, 0.25) is 0 Å². The van der Waals surface area contributed by atoms with E-state index in [1.807, 2.05) is 0 Å². The van der Waals surface area contributed by atoms with E-state index in [0.717, 1.165) is 5.56 Å².